The van der Waals surface area contributed by atoms with Gasteiger partial charge in [0, 0.05) is 19.2 Å². The highest BCUT2D eigenvalue weighted by Gasteiger charge is 2.32. The van der Waals surface area contributed by atoms with Crippen LogP contribution >= 0.6 is 11.6 Å². The van der Waals surface area contributed by atoms with Crippen molar-refractivity contribution in [3.05, 3.63) is 23.0 Å². The lowest BCUT2D eigenvalue weighted by Crippen LogP contribution is -2.30. The van der Waals surface area contributed by atoms with E-state index in [0.717, 1.165) is 0 Å². The van der Waals surface area contributed by atoms with Crippen molar-refractivity contribution in [1.82, 2.24) is 0 Å². The Morgan fingerprint density at radius 3 is 2.81 bits per heavy atom. The average Bonchev–Trinajstić information content (AvgIpc) is 2.52. The smallest absolute Gasteiger partial charge is 0.144 e. The number of hydrogen-bond donors (Lipinski definition) is 2. The van der Waals surface area contributed by atoms with Crippen LogP contribution in [0.15, 0.2) is 12.1 Å². The van der Waals surface area contributed by atoms with Gasteiger partial charge in [-0.2, -0.15) is 0 Å². The topological polar surface area (TPSA) is 49.5 Å². The van der Waals surface area contributed by atoms with E-state index in [9.17, 15) is 9.50 Å². The molecule has 5 heteroatoms. The van der Waals surface area contributed by atoms with Crippen LogP contribution in [-0.2, 0) is 0 Å². The molecular formula is C11H14ClFN2O. The highest BCUT2D eigenvalue weighted by molar-refractivity contribution is 6.31. The number of aliphatic hydroxyl groups is 1. The highest BCUT2D eigenvalue weighted by Crippen LogP contribution is 2.33. The van der Waals surface area contributed by atoms with Crippen LogP contribution in [0, 0.1) is 5.82 Å². The van der Waals surface area contributed by atoms with Gasteiger partial charge in [-0.25, -0.2) is 4.39 Å². The van der Waals surface area contributed by atoms with Crippen molar-refractivity contribution in [2.24, 2.45) is 0 Å². The molecule has 1 saturated heterocycles. The van der Waals surface area contributed by atoms with E-state index >= 15 is 0 Å². The first-order valence-electron chi connectivity index (χ1n) is 5.11. The molecule has 0 radical (unpaired) electrons. The van der Waals surface area contributed by atoms with Crippen molar-refractivity contribution in [3.63, 3.8) is 0 Å². The first-order valence-corrected chi connectivity index (χ1v) is 5.49. The molecule has 1 heterocycles. The molecule has 16 heavy (non-hydrogen) atoms. The second-order valence-corrected chi connectivity index (χ2v) is 4.90. The SMILES string of the molecule is CC1(O)CCN(c2cc(F)c(Cl)cc2N)C1. The van der Waals surface area contributed by atoms with E-state index in [1.54, 1.807) is 6.92 Å². The summed E-state index contributed by atoms with van der Waals surface area (Å²) in [6.45, 7) is 2.88. The fourth-order valence-electron chi connectivity index (χ4n) is 1.98. The molecule has 2 rings (SSSR count). The van der Waals surface area contributed by atoms with Gasteiger partial charge in [0.2, 0.25) is 0 Å². The van der Waals surface area contributed by atoms with E-state index < -0.39 is 11.4 Å². The number of hydrogen-bond acceptors (Lipinski definition) is 3. The molecule has 0 aromatic heterocycles. The number of nitrogen functional groups attached to an aromatic ring is 1. The van der Waals surface area contributed by atoms with Crippen molar-refractivity contribution in [2.45, 2.75) is 18.9 Å². The van der Waals surface area contributed by atoms with Crippen LogP contribution in [-0.4, -0.2) is 23.8 Å². The van der Waals surface area contributed by atoms with Gasteiger partial charge in [-0.1, -0.05) is 11.6 Å². The molecule has 1 atom stereocenters. The molecule has 1 unspecified atom stereocenters. The predicted octanol–water partition coefficient (Wildman–Crippen LogP) is 2.02. The molecular weight excluding hydrogens is 231 g/mol. The summed E-state index contributed by atoms with van der Waals surface area (Å²) in [4.78, 5) is 1.87. The molecule has 0 amide bonds. The van der Waals surface area contributed by atoms with E-state index in [4.69, 9.17) is 17.3 Å². The van der Waals surface area contributed by atoms with Gasteiger partial charge < -0.3 is 15.7 Å². The fraction of sp³-hybridized carbons (Fsp3) is 0.455. The standard InChI is InChI=1S/C11H14ClFN2O/c1-11(16)2-3-15(6-11)10-5-8(13)7(12)4-9(10)14/h4-5,16H,2-3,6,14H2,1H3. The first-order chi connectivity index (χ1) is 7.39. The van der Waals surface area contributed by atoms with Crippen molar-refractivity contribution in [3.8, 4) is 0 Å². The second kappa shape index (κ2) is 3.79. The largest absolute Gasteiger partial charge is 0.397 e. The normalized spacial score (nSPS) is 25.1. The Morgan fingerprint density at radius 1 is 1.56 bits per heavy atom. The number of nitrogens with zero attached hydrogens (tertiary/aromatic N) is 1. The average molecular weight is 245 g/mol. The molecule has 0 aliphatic carbocycles. The first kappa shape index (κ1) is 11.5. The number of benzene rings is 1. The van der Waals surface area contributed by atoms with E-state index in [-0.39, 0.29) is 5.02 Å². The van der Waals surface area contributed by atoms with Gasteiger partial charge in [0.05, 0.1) is 22.0 Å². The van der Waals surface area contributed by atoms with Crippen LogP contribution in [0.5, 0.6) is 0 Å². The zero-order valence-electron chi connectivity index (χ0n) is 9.00. The summed E-state index contributed by atoms with van der Waals surface area (Å²) < 4.78 is 13.3. The van der Waals surface area contributed by atoms with Crippen LogP contribution in [0.4, 0.5) is 15.8 Å². The Balaban J connectivity index is 2.32. The second-order valence-electron chi connectivity index (χ2n) is 4.49. The monoisotopic (exact) mass is 244 g/mol. The van der Waals surface area contributed by atoms with Gasteiger partial charge in [-0.05, 0) is 19.4 Å². The van der Waals surface area contributed by atoms with Gasteiger partial charge in [-0.3, -0.25) is 0 Å². The van der Waals surface area contributed by atoms with Crippen LogP contribution in [0.25, 0.3) is 0 Å². The third-order valence-corrected chi connectivity index (χ3v) is 3.15. The maximum Gasteiger partial charge on any atom is 0.144 e. The number of nitrogens with two attached hydrogens (primary N) is 1. The molecule has 1 aliphatic rings. The predicted molar refractivity (Wildman–Crippen MR) is 63.3 cm³/mol. The Labute approximate surface area is 98.6 Å². The van der Waals surface area contributed by atoms with Crippen molar-refractivity contribution in [1.29, 1.82) is 0 Å². The van der Waals surface area contributed by atoms with Crippen LogP contribution in [0.2, 0.25) is 5.02 Å². The highest BCUT2D eigenvalue weighted by atomic mass is 35.5. The minimum absolute atomic E-state index is 0.0206. The number of halogens is 2. The van der Waals surface area contributed by atoms with Crippen LogP contribution in [0.1, 0.15) is 13.3 Å². The molecule has 1 aromatic rings. The molecule has 1 aliphatic heterocycles. The molecule has 3 N–H and O–H groups in total. The maximum absolute atomic E-state index is 13.3. The summed E-state index contributed by atoms with van der Waals surface area (Å²) in [7, 11) is 0. The molecule has 0 saturated carbocycles. The summed E-state index contributed by atoms with van der Waals surface area (Å²) in [5.74, 6) is -0.489. The Morgan fingerprint density at radius 2 is 2.25 bits per heavy atom. The third-order valence-electron chi connectivity index (χ3n) is 2.86. The van der Waals surface area contributed by atoms with Gasteiger partial charge in [0.1, 0.15) is 5.82 Å². The molecule has 0 bridgehead atoms. The minimum Gasteiger partial charge on any atom is -0.397 e. The lowest BCUT2D eigenvalue weighted by atomic mass is 10.1. The van der Waals surface area contributed by atoms with Gasteiger partial charge in [0.15, 0.2) is 0 Å². The van der Waals surface area contributed by atoms with Crippen molar-refractivity contribution >= 4 is 23.0 Å². The molecule has 1 fully saturated rings. The zero-order chi connectivity index (χ0) is 11.9. The number of rotatable bonds is 1. The van der Waals surface area contributed by atoms with Gasteiger partial charge in [0.25, 0.3) is 0 Å². The van der Waals surface area contributed by atoms with E-state index in [1.165, 1.54) is 12.1 Å². The number of anilines is 2. The minimum atomic E-state index is -0.734. The van der Waals surface area contributed by atoms with Crippen LogP contribution in [0.3, 0.4) is 0 Å². The molecule has 0 spiro atoms. The van der Waals surface area contributed by atoms with Crippen LogP contribution < -0.4 is 10.6 Å². The summed E-state index contributed by atoms with van der Waals surface area (Å²) in [5.41, 5.74) is 6.08. The zero-order valence-corrected chi connectivity index (χ0v) is 9.76. The molecule has 88 valence electrons. The Hall–Kier alpha value is -1.00. The van der Waals surface area contributed by atoms with Crippen molar-refractivity contribution < 1.29 is 9.50 Å². The lowest BCUT2D eigenvalue weighted by molar-refractivity contribution is 0.0839. The Kier molecular flexibility index (Phi) is 2.72. The van der Waals surface area contributed by atoms with Crippen molar-refractivity contribution in [2.75, 3.05) is 23.7 Å². The number of β-amino-alcohol motifs (C(OH)–C–C–N with tert-alkyl or cyclic N) is 1. The Bertz CT molecular complexity index is 423. The summed E-state index contributed by atoms with van der Waals surface area (Å²) >= 11 is 5.63. The maximum atomic E-state index is 13.3. The summed E-state index contributed by atoms with van der Waals surface area (Å²) in [5, 5.41) is 9.86. The fourth-order valence-corrected chi connectivity index (χ4v) is 2.15. The molecule has 3 nitrogen and oxygen atoms in total. The van der Waals surface area contributed by atoms with E-state index in [1.807, 2.05) is 4.90 Å². The van der Waals surface area contributed by atoms with Gasteiger partial charge in [-0.15, -0.1) is 0 Å². The van der Waals surface area contributed by atoms with E-state index in [0.29, 0.717) is 30.9 Å². The molecule has 1 aromatic carbocycles. The third kappa shape index (κ3) is 2.08. The van der Waals surface area contributed by atoms with Gasteiger partial charge >= 0.3 is 0 Å². The quantitative estimate of drug-likeness (QED) is 0.743. The lowest BCUT2D eigenvalue weighted by Gasteiger charge is -2.22. The summed E-state index contributed by atoms with van der Waals surface area (Å²) in [6.07, 6.45) is 0.649. The summed E-state index contributed by atoms with van der Waals surface area (Å²) in [6, 6.07) is 2.72. The van der Waals surface area contributed by atoms with E-state index in [2.05, 4.69) is 0 Å².